The first kappa shape index (κ1) is 17.1. The van der Waals surface area contributed by atoms with Gasteiger partial charge in [0.25, 0.3) is 0 Å². The number of benzene rings is 1. The number of likely N-dealkylation sites (tertiary alicyclic amines) is 1. The van der Waals surface area contributed by atoms with E-state index in [9.17, 15) is 0 Å². The van der Waals surface area contributed by atoms with Crippen LogP contribution in [0.15, 0.2) is 21.4 Å². The summed E-state index contributed by atoms with van der Waals surface area (Å²) >= 11 is 8.35. The number of hydrogen-bond acceptors (Lipinski definition) is 4. The van der Waals surface area contributed by atoms with Crippen molar-refractivity contribution in [3.8, 4) is 0 Å². The summed E-state index contributed by atoms with van der Waals surface area (Å²) in [7, 11) is 0. The molecule has 0 spiro atoms. The summed E-state index contributed by atoms with van der Waals surface area (Å²) in [4.78, 5) is 8.22. The van der Waals surface area contributed by atoms with E-state index in [0.717, 1.165) is 33.5 Å². The van der Waals surface area contributed by atoms with Crippen LogP contribution in [0.2, 0.25) is 5.02 Å². The second kappa shape index (κ2) is 6.66. The molecule has 2 aromatic rings. The van der Waals surface area contributed by atoms with Crippen LogP contribution in [-0.4, -0.2) is 34.8 Å². The Morgan fingerprint density at radius 3 is 2.61 bits per heavy atom. The molecule has 3 nitrogen and oxygen atoms in total. The van der Waals surface area contributed by atoms with Crippen LogP contribution in [0, 0.1) is 0 Å². The molecule has 1 aromatic carbocycles. The van der Waals surface area contributed by atoms with E-state index in [2.05, 4.69) is 37.6 Å². The van der Waals surface area contributed by atoms with Crippen LogP contribution in [0.25, 0.3) is 11.1 Å². The maximum Gasteiger partial charge on any atom is 0.200 e. The predicted molar refractivity (Wildman–Crippen MR) is 98.7 cm³/mol. The molecule has 3 rings (SSSR count). The average molecular weight is 353 g/mol. The molecule has 1 aliphatic heterocycles. The Kier molecular flexibility index (Phi) is 4.96. The monoisotopic (exact) mass is 352 g/mol. The minimum atomic E-state index is -0.0973. The molecule has 0 radical (unpaired) electrons. The second-order valence-electron chi connectivity index (χ2n) is 7.25. The van der Waals surface area contributed by atoms with Gasteiger partial charge in [-0.3, -0.25) is 0 Å². The van der Waals surface area contributed by atoms with Crippen molar-refractivity contribution in [2.75, 3.05) is 19.6 Å². The molecule has 1 fully saturated rings. The first-order valence-electron chi connectivity index (χ1n) is 8.37. The van der Waals surface area contributed by atoms with E-state index in [0.29, 0.717) is 5.25 Å². The molecule has 0 amide bonds. The molecular weight excluding hydrogens is 328 g/mol. The van der Waals surface area contributed by atoms with Gasteiger partial charge < -0.3 is 9.32 Å². The minimum absolute atomic E-state index is 0.0973. The van der Waals surface area contributed by atoms with Crippen LogP contribution in [-0.2, 0) is 5.41 Å². The Hall–Kier alpha value is -0.710. The zero-order valence-corrected chi connectivity index (χ0v) is 15.9. The summed E-state index contributed by atoms with van der Waals surface area (Å²) in [6, 6.07) is 3.91. The van der Waals surface area contributed by atoms with Gasteiger partial charge in [0.05, 0.1) is 9.92 Å². The third kappa shape index (κ3) is 3.70. The first-order valence-corrected chi connectivity index (χ1v) is 9.62. The maximum absolute atomic E-state index is 6.48. The summed E-state index contributed by atoms with van der Waals surface area (Å²) in [6.07, 6.45) is 2.40. The van der Waals surface area contributed by atoms with Gasteiger partial charge in [-0.05, 0) is 44.6 Å². The van der Waals surface area contributed by atoms with Crippen LogP contribution < -0.4 is 0 Å². The molecule has 5 heteroatoms. The van der Waals surface area contributed by atoms with Gasteiger partial charge >= 0.3 is 0 Å². The fourth-order valence-electron chi connectivity index (χ4n) is 2.88. The molecule has 1 saturated heterocycles. The number of hydrogen-bond donors (Lipinski definition) is 0. The third-order valence-electron chi connectivity index (χ3n) is 4.37. The van der Waals surface area contributed by atoms with Crippen molar-refractivity contribution in [1.82, 2.24) is 9.88 Å². The van der Waals surface area contributed by atoms with Gasteiger partial charge in [-0.25, -0.2) is 4.98 Å². The molecule has 0 aliphatic carbocycles. The third-order valence-corrected chi connectivity index (χ3v) is 6.24. The molecule has 1 aliphatic rings. The van der Waals surface area contributed by atoms with Crippen molar-refractivity contribution in [2.24, 2.45) is 0 Å². The van der Waals surface area contributed by atoms with Crippen LogP contribution in [0.4, 0.5) is 0 Å². The van der Waals surface area contributed by atoms with Crippen LogP contribution >= 0.6 is 23.4 Å². The smallest absolute Gasteiger partial charge is 0.200 e. The van der Waals surface area contributed by atoms with Gasteiger partial charge in [-0.1, -0.05) is 39.3 Å². The SMILES string of the molecule is CCN1CCC(Sc2c(Cl)ccc3nc(C(C)(C)C)oc23)CC1. The number of thioether (sulfide) groups is 1. The number of oxazole rings is 1. The highest BCUT2D eigenvalue weighted by atomic mass is 35.5. The fraction of sp³-hybridized carbons (Fsp3) is 0.611. The van der Waals surface area contributed by atoms with E-state index in [4.69, 9.17) is 16.0 Å². The minimum Gasteiger partial charge on any atom is -0.439 e. The van der Waals surface area contributed by atoms with Gasteiger partial charge in [0, 0.05) is 10.7 Å². The summed E-state index contributed by atoms with van der Waals surface area (Å²) in [5.74, 6) is 0.775. The standard InChI is InChI=1S/C18H25ClN2OS/c1-5-21-10-8-12(9-11-21)23-16-13(19)6-7-14-15(16)22-17(20-14)18(2,3)4/h6-7,12H,5,8-11H2,1-4H3. The highest BCUT2D eigenvalue weighted by Gasteiger charge is 2.25. The van der Waals surface area contributed by atoms with Gasteiger partial charge in [-0.2, -0.15) is 0 Å². The van der Waals surface area contributed by atoms with Gasteiger partial charge in [0.1, 0.15) is 5.52 Å². The number of rotatable bonds is 3. The molecule has 126 valence electrons. The van der Waals surface area contributed by atoms with Crippen molar-refractivity contribution < 1.29 is 4.42 Å². The second-order valence-corrected chi connectivity index (χ2v) is 8.96. The van der Waals surface area contributed by atoms with Gasteiger partial charge in [0.15, 0.2) is 5.58 Å². The van der Waals surface area contributed by atoms with Gasteiger partial charge in [-0.15, -0.1) is 11.8 Å². The fourth-order valence-corrected chi connectivity index (χ4v) is 4.38. The first-order chi connectivity index (χ1) is 10.9. The van der Waals surface area contributed by atoms with Crippen LogP contribution in [0.5, 0.6) is 0 Å². The molecule has 0 atom stereocenters. The van der Waals surface area contributed by atoms with E-state index in [1.807, 2.05) is 23.9 Å². The zero-order chi connectivity index (χ0) is 16.6. The Morgan fingerprint density at radius 2 is 2.00 bits per heavy atom. The molecule has 1 aromatic heterocycles. The van der Waals surface area contributed by atoms with Crippen molar-refractivity contribution in [3.63, 3.8) is 0 Å². The highest BCUT2D eigenvalue weighted by molar-refractivity contribution is 8.00. The van der Waals surface area contributed by atoms with E-state index < -0.39 is 0 Å². The van der Waals surface area contributed by atoms with E-state index >= 15 is 0 Å². The molecule has 0 unspecified atom stereocenters. The summed E-state index contributed by atoms with van der Waals surface area (Å²) in [5, 5.41) is 1.38. The van der Waals surface area contributed by atoms with E-state index in [1.165, 1.54) is 25.9 Å². The highest BCUT2D eigenvalue weighted by Crippen LogP contribution is 2.41. The quantitative estimate of drug-likeness (QED) is 0.744. The maximum atomic E-state index is 6.48. The number of halogens is 1. The Morgan fingerprint density at radius 1 is 1.30 bits per heavy atom. The lowest BCUT2D eigenvalue weighted by molar-refractivity contribution is 0.244. The lowest BCUT2D eigenvalue weighted by atomic mass is 9.97. The van der Waals surface area contributed by atoms with Crippen LogP contribution in [0.3, 0.4) is 0 Å². The largest absolute Gasteiger partial charge is 0.439 e. The summed E-state index contributed by atoms with van der Waals surface area (Å²) in [6.45, 7) is 12.1. The van der Waals surface area contributed by atoms with Crippen molar-refractivity contribution in [3.05, 3.63) is 23.0 Å². The summed E-state index contributed by atoms with van der Waals surface area (Å²) in [5.41, 5.74) is 1.66. The van der Waals surface area contributed by atoms with E-state index in [1.54, 1.807) is 0 Å². The number of fused-ring (bicyclic) bond motifs is 1. The molecule has 0 N–H and O–H groups in total. The average Bonchev–Trinajstić information content (AvgIpc) is 2.95. The predicted octanol–water partition coefficient (Wildman–Crippen LogP) is 5.36. The molecule has 2 heterocycles. The van der Waals surface area contributed by atoms with Crippen molar-refractivity contribution in [1.29, 1.82) is 0 Å². The lowest BCUT2D eigenvalue weighted by Crippen LogP contribution is -2.34. The normalized spacial score (nSPS) is 18.0. The number of piperidine rings is 1. The lowest BCUT2D eigenvalue weighted by Gasteiger charge is -2.30. The van der Waals surface area contributed by atoms with Crippen molar-refractivity contribution >= 4 is 34.5 Å². The van der Waals surface area contributed by atoms with Crippen LogP contribution in [0.1, 0.15) is 46.4 Å². The Balaban J connectivity index is 1.88. The Labute approximate surface area is 147 Å². The molecular formula is C18H25ClN2OS. The molecule has 23 heavy (non-hydrogen) atoms. The molecule has 0 bridgehead atoms. The van der Waals surface area contributed by atoms with E-state index in [-0.39, 0.29) is 5.41 Å². The zero-order valence-electron chi connectivity index (χ0n) is 14.4. The molecule has 0 saturated carbocycles. The van der Waals surface area contributed by atoms with Crippen molar-refractivity contribution in [2.45, 2.75) is 56.1 Å². The Bertz CT molecular complexity index is 684. The van der Waals surface area contributed by atoms with Gasteiger partial charge in [0.2, 0.25) is 5.89 Å². The number of nitrogens with zero attached hydrogens (tertiary/aromatic N) is 2. The number of aromatic nitrogens is 1. The summed E-state index contributed by atoms with van der Waals surface area (Å²) < 4.78 is 6.10. The topological polar surface area (TPSA) is 29.3 Å².